The van der Waals surface area contributed by atoms with E-state index >= 15 is 0 Å². The summed E-state index contributed by atoms with van der Waals surface area (Å²) in [7, 11) is 0. The maximum absolute atomic E-state index is 13.0. The smallest absolute Gasteiger partial charge is 0.306 e. The highest BCUT2D eigenvalue weighted by molar-refractivity contribution is 7.13. The number of carbonyl (C=O) groups is 2. The first kappa shape index (κ1) is 24.4. The third-order valence-electron chi connectivity index (χ3n) is 4.77. The maximum Gasteiger partial charge on any atom is 0.418 e. The summed E-state index contributed by atoms with van der Waals surface area (Å²) in [6.07, 6.45) is 3.59. The molecule has 0 saturated heterocycles. The van der Waals surface area contributed by atoms with Crippen LogP contribution in [0.2, 0.25) is 5.02 Å². The first-order chi connectivity index (χ1) is 16.6. The van der Waals surface area contributed by atoms with Crippen LogP contribution in [0.4, 0.5) is 19.0 Å². The lowest BCUT2D eigenvalue weighted by Gasteiger charge is -2.10. The van der Waals surface area contributed by atoms with Crippen molar-refractivity contribution in [2.24, 2.45) is 0 Å². The van der Waals surface area contributed by atoms with Crippen molar-refractivity contribution in [2.75, 3.05) is 5.32 Å². The van der Waals surface area contributed by atoms with Gasteiger partial charge in [-0.25, -0.2) is 24.9 Å². The molecular formula is C21H15ClF3N7O2S. The van der Waals surface area contributed by atoms with Crippen molar-refractivity contribution in [3.8, 4) is 5.82 Å². The molecule has 4 rings (SSSR count). The number of amides is 1. The molecular weight excluding hydrogens is 507 g/mol. The van der Waals surface area contributed by atoms with Crippen molar-refractivity contribution in [3.05, 3.63) is 75.7 Å². The molecule has 0 fully saturated rings. The van der Waals surface area contributed by atoms with E-state index in [1.54, 1.807) is 36.3 Å². The van der Waals surface area contributed by atoms with Gasteiger partial charge in [-0.05, 0) is 6.07 Å². The van der Waals surface area contributed by atoms with E-state index in [1.807, 2.05) is 0 Å². The van der Waals surface area contributed by atoms with E-state index in [0.717, 1.165) is 17.5 Å². The number of imidazole rings is 1. The van der Waals surface area contributed by atoms with Crippen molar-refractivity contribution in [1.29, 1.82) is 0 Å². The molecule has 1 amide bonds. The molecule has 4 heterocycles. The number of nitrogens with zero attached hydrogens (tertiary/aromatic N) is 6. The molecule has 0 saturated carbocycles. The van der Waals surface area contributed by atoms with Gasteiger partial charge in [-0.2, -0.15) is 13.2 Å². The molecule has 0 aliphatic rings. The first-order valence-corrected chi connectivity index (χ1v) is 11.1. The third-order valence-corrected chi connectivity index (χ3v) is 6.30. The number of Topliss-reactive ketones (excluding diaryl/α,β-unsaturated/α-hetero) is 1. The fourth-order valence-electron chi connectivity index (χ4n) is 3.03. The highest BCUT2D eigenvalue weighted by atomic mass is 35.5. The summed E-state index contributed by atoms with van der Waals surface area (Å²) in [5.74, 6) is -1.08. The molecule has 0 aliphatic carbocycles. The number of rotatable bonds is 7. The van der Waals surface area contributed by atoms with E-state index in [-0.39, 0.29) is 34.5 Å². The minimum atomic E-state index is -4.69. The number of hydrogen-bond acceptors (Lipinski definition) is 8. The van der Waals surface area contributed by atoms with Crippen LogP contribution in [0.25, 0.3) is 5.82 Å². The highest BCUT2D eigenvalue weighted by Crippen LogP contribution is 2.35. The molecule has 4 aromatic heterocycles. The van der Waals surface area contributed by atoms with Gasteiger partial charge in [0, 0.05) is 37.0 Å². The van der Waals surface area contributed by atoms with E-state index in [2.05, 4.69) is 30.2 Å². The fourth-order valence-corrected chi connectivity index (χ4v) is 4.10. The lowest BCUT2D eigenvalue weighted by atomic mass is 10.0. The molecule has 1 atom stereocenters. The van der Waals surface area contributed by atoms with Gasteiger partial charge < -0.3 is 5.32 Å². The monoisotopic (exact) mass is 521 g/mol. The number of nitrogens with one attached hydrogen (secondary N) is 1. The van der Waals surface area contributed by atoms with Crippen molar-refractivity contribution in [3.63, 3.8) is 0 Å². The number of alkyl halides is 3. The average molecular weight is 522 g/mol. The molecule has 1 N–H and O–H groups in total. The van der Waals surface area contributed by atoms with Gasteiger partial charge in [-0.15, -0.1) is 11.3 Å². The summed E-state index contributed by atoms with van der Waals surface area (Å²) < 4.78 is 40.7. The van der Waals surface area contributed by atoms with Crippen molar-refractivity contribution < 1.29 is 22.8 Å². The predicted molar refractivity (Wildman–Crippen MR) is 121 cm³/mol. The van der Waals surface area contributed by atoms with E-state index < -0.39 is 22.7 Å². The average Bonchev–Trinajstić information content (AvgIpc) is 3.52. The first-order valence-electron chi connectivity index (χ1n) is 9.95. The molecule has 1 unspecified atom stereocenters. The van der Waals surface area contributed by atoms with Gasteiger partial charge >= 0.3 is 6.18 Å². The van der Waals surface area contributed by atoms with Crippen molar-refractivity contribution in [2.45, 2.75) is 25.4 Å². The number of hydrogen-bond donors (Lipinski definition) is 1. The van der Waals surface area contributed by atoms with Gasteiger partial charge in [0.2, 0.25) is 0 Å². The minimum Gasteiger partial charge on any atom is -0.306 e. The Morgan fingerprint density at radius 3 is 2.69 bits per heavy atom. The zero-order valence-corrected chi connectivity index (χ0v) is 19.4. The molecule has 0 radical (unpaired) electrons. The topological polar surface area (TPSA) is 116 Å². The second kappa shape index (κ2) is 9.88. The van der Waals surface area contributed by atoms with Crippen LogP contribution < -0.4 is 5.32 Å². The van der Waals surface area contributed by atoms with Gasteiger partial charge in [0.05, 0.1) is 21.8 Å². The van der Waals surface area contributed by atoms with Crippen molar-refractivity contribution >= 4 is 40.4 Å². The zero-order chi connectivity index (χ0) is 25.2. The van der Waals surface area contributed by atoms with Crippen LogP contribution >= 0.6 is 22.9 Å². The van der Waals surface area contributed by atoms with Crippen LogP contribution in [0.5, 0.6) is 0 Å². The minimum absolute atomic E-state index is 0.0721. The van der Waals surface area contributed by atoms with Crippen LogP contribution in [0.15, 0.2) is 49.6 Å². The molecule has 35 heavy (non-hydrogen) atoms. The Hall–Kier alpha value is -3.71. The van der Waals surface area contributed by atoms with Gasteiger partial charge in [0.15, 0.2) is 5.78 Å². The largest absolute Gasteiger partial charge is 0.418 e. The third kappa shape index (κ3) is 5.69. The number of anilines is 1. The number of ketones is 1. The van der Waals surface area contributed by atoms with Gasteiger partial charge in [-0.3, -0.25) is 14.2 Å². The van der Waals surface area contributed by atoms with Crippen LogP contribution in [0, 0.1) is 0 Å². The molecule has 0 aromatic carbocycles. The second-order valence-electron chi connectivity index (χ2n) is 7.32. The molecule has 0 aliphatic heterocycles. The van der Waals surface area contributed by atoms with E-state index in [1.165, 1.54) is 12.5 Å². The Morgan fingerprint density at radius 1 is 1.17 bits per heavy atom. The number of carbonyl (C=O) groups excluding carboxylic acids is 2. The van der Waals surface area contributed by atoms with Gasteiger partial charge in [0.25, 0.3) is 5.91 Å². The summed E-state index contributed by atoms with van der Waals surface area (Å²) in [6, 6.07) is 2.20. The number of pyridine rings is 1. The Bertz CT molecular complexity index is 1380. The Kier molecular flexibility index (Phi) is 6.89. The van der Waals surface area contributed by atoms with E-state index in [0.29, 0.717) is 16.9 Å². The lowest BCUT2D eigenvalue weighted by Crippen LogP contribution is -2.13. The van der Waals surface area contributed by atoms with Crippen molar-refractivity contribution in [1.82, 2.24) is 29.5 Å². The predicted octanol–water partition coefficient (Wildman–Crippen LogP) is 4.81. The Balaban J connectivity index is 1.42. The SMILES string of the molecule is CC(CC(=O)c1cc(-n2ccnc2)ncn1)c1ncc(C(=O)Nc2cc(C(F)(F)F)c(Cl)cn2)s1. The van der Waals surface area contributed by atoms with Crippen LogP contribution in [0.3, 0.4) is 0 Å². The molecule has 14 heteroatoms. The maximum atomic E-state index is 13.0. The summed E-state index contributed by atoms with van der Waals surface area (Å²) in [5.41, 5.74) is -0.887. The Labute approximate surface area is 205 Å². The van der Waals surface area contributed by atoms with E-state index in [9.17, 15) is 22.8 Å². The zero-order valence-electron chi connectivity index (χ0n) is 17.8. The fraction of sp³-hybridized carbons (Fsp3) is 0.190. The van der Waals surface area contributed by atoms with Crippen LogP contribution in [0.1, 0.15) is 50.0 Å². The number of aromatic nitrogens is 6. The van der Waals surface area contributed by atoms with Gasteiger partial charge in [-0.1, -0.05) is 18.5 Å². The normalized spacial score (nSPS) is 12.4. The quantitative estimate of drug-likeness (QED) is 0.347. The summed E-state index contributed by atoms with van der Waals surface area (Å²) >= 11 is 6.57. The van der Waals surface area contributed by atoms with E-state index in [4.69, 9.17) is 11.6 Å². The number of thiazole rings is 1. The Morgan fingerprint density at radius 2 is 1.97 bits per heavy atom. The van der Waals surface area contributed by atoms with Crippen LogP contribution in [-0.2, 0) is 6.18 Å². The second-order valence-corrected chi connectivity index (χ2v) is 8.79. The summed E-state index contributed by atoms with van der Waals surface area (Å²) in [6.45, 7) is 1.77. The molecule has 4 aromatic rings. The van der Waals surface area contributed by atoms with Crippen LogP contribution in [-0.4, -0.2) is 41.2 Å². The highest BCUT2D eigenvalue weighted by Gasteiger charge is 2.34. The summed E-state index contributed by atoms with van der Waals surface area (Å²) in [5, 5.41) is 2.24. The lowest BCUT2D eigenvalue weighted by molar-refractivity contribution is -0.137. The molecule has 180 valence electrons. The standard InChI is InChI=1S/C21H15ClF3N7O2S/c1-11(4-15(33)14-6-18(30-9-29-14)32-3-2-26-10-32)20-28-8-16(35-20)19(34)31-17-5-12(21(23,24)25)13(22)7-27-17/h2-3,5-11H,4H2,1H3,(H,27,31,34). The molecule has 9 nitrogen and oxygen atoms in total. The molecule has 0 bridgehead atoms. The summed E-state index contributed by atoms with van der Waals surface area (Å²) in [4.78, 5) is 45.4. The number of halogens is 4. The molecule has 0 spiro atoms. The van der Waals surface area contributed by atoms with Gasteiger partial charge in [0.1, 0.15) is 34.9 Å².